The topological polar surface area (TPSA) is 72.5 Å². The molecule has 1 aliphatic heterocycles. The summed E-state index contributed by atoms with van der Waals surface area (Å²) in [7, 11) is -3.30. The third-order valence-electron chi connectivity index (χ3n) is 3.70. The van der Waals surface area contributed by atoms with Crippen LogP contribution >= 0.6 is 0 Å². The molecule has 3 rings (SSSR count). The average Bonchev–Trinajstić information content (AvgIpc) is 2.95. The molecule has 23 heavy (non-hydrogen) atoms. The van der Waals surface area contributed by atoms with Crippen LogP contribution in [0.25, 0.3) is 0 Å². The first kappa shape index (κ1) is 15.6. The van der Waals surface area contributed by atoms with Crippen LogP contribution < -0.4 is 10.1 Å². The number of hydrogen-bond acceptors (Lipinski definition) is 4. The van der Waals surface area contributed by atoms with E-state index in [1.54, 1.807) is 36.4 Å². The molecular weight excluding hydrogens is 314 g/mol. The van der Waals surface area contributed by atoms with Crippen molar-refractivity contribution in [3.05, 3.63) is 59.7 Å². The number of carbonyl (C=O) groups is 1. The van der Waals surface area contributed by atoms with E-state index in [4.69, 9.17) is 4.74 Å². The smallest absolute Gasteiger partial charge is 0.255 e. The minimum Gasteiger partial charge on any atom is -0.493 e. The quantitative estimate of drug-likeness (QED) is 0.824. The zero-order valence-corrected chi connectivity index (χ0v) is 13.3. The molecule has 0 aromatic heterocycles. The Morgan fingerprint density at radius 3 is 2.61 bits per heavy atom. The van der Waals surface area contributed by atoms with Gasteiger partial charge in [-0.05, 0) is 30.2 Å². The van der Waals surface area contributed by atoms with Crippen molar-refractivity contribution in [3.8, 4) is 5.75 Å². The van der Waals surface area contributed by atoms with E-state index in [9.17, 15) is 13.2 Å². The largest absolute Gasteiger partial charge is 0.493 e. The van der Waals surface area contributed by atoms with E-state index >= 15 is 0 Å². The van der Waals surface area contributed by atoms with Gasteiger partial charge >= 0.3 is 0 Å². The molecule has 0 atom stereocenters. The molecule has 120 valence electrons. The monoisotopic (exact) mass is 331 g/mol. The Bertz CT molecular complexity index is 816. The standard InChI is InChI=1S/C17H17NO4S/c19-17-16-13(12-18-17)6-4-9-15(16)22-10-5-11-23(20,21)14-7-2-1-3-8-14/h1-4,6-9H,5,10-12H2,(H,18,19). The van der Waals surface area contributed by atoms with Crippen LogP contribution in [0.4, 0.5) is 0 Å². The number of sulfone groups is 1. The Kier molecular flexibility index (Phi) is 4.34. The van der Waals surface area contributed by atoms with Crippen LogP contribution in [0.15, 0.2) is 53.4 Å². The maximum absolute atomic E-state index is 12.2. The molecule has 1 heterocycles. The van der Waals surface area contributed by atoms with Crippen molar-refractivity contribution in [1.82, 2.24) is 5.32 Å². The number of amides is 1. The number of benzene rings is 2. The van der Waals surface area contributed by atoms with Crippen LogP contribution in [0.5, 0.6) is 5.75 Å². The van der Waals surface area contributed by atoms with Gasteiger partial charge in [0.25, 0.3) is 5.91 Å². The van der Waals surface area contributed by atoms with Crippen molar-refractivity contribution < 1.29 is 17.9 Å². The highest BCUT2D eigenvalue weighted by atomic mass is 32.2. The maximum atomic E-state index is 12.2. The molecule has 2 aromatic rings. The summed E-state index contributed by atoms with van der Waals surface area (Å²) in [5.41, 5.74) is 1.46. The highest BCUT2D eigenvalue weighted by Gasteiger charge is 2.23. The molecule has 2 aromatic carbocycles. The molecule has 1 amide bonds. The molecule has 0 bridgehead atoms. The molecule has 0 spiro atoms. The van der Waals surface area contributed by atoms with E-state index in [1.165, 1.54) is 0 Å². The number of nitrogens with one attached hydrogen (secondary N) is 1. The van der Waals surface area contributed by atoms with Gasteiger partial charge in [-0.2, -0.15) is 0 Å². The summed E-state index contributed by atoms with van der Waals surface area (Å²) in [6.07, 6.45) is 0.364. The molecule has 0 saturated heterocycles. The molecule has 6 heteroatoms. The first-order valence-corrected chi connectivity index (χ1v) is 9.04. The van der Waals surface area contributed by atoms with Crippen molar-refractivity contribution in [2.45, 2.75) is 17.9 Å². The van der Waals surface area contributed by atoms with E-state index in [1.807, 2.05) is 12.1 Å². The van der Waals surface area contributed by atoms with Crippen LogP contribution in [0.1, 0.15) is 22.3 Å². The molecule has 0 saturated carbocycles. The summed E-state index contributed by atoms with van der Waals surface area (Å²) in [5.74, 6) is 0.375. The lowest BCUT2D eigenvalue weighted by Gasteiger charge is -2.09. The van der Waals surface area contributed by atoms with Crippen molar-refractivity contribution in [2.24, 2.45) is 0 Å². The Labute approximate surface area is 135 Å². The molecule has 1 aliphatic rings. The van der Waals surface area contributed by atoms with E-state index in [0.29, 0.717) is 29.2 Å². The lowest BCUT2D eigenvalue weighted by atomic mass is 10.1. The van der Waals surface area contributed by atoms with Gasteiger partial charge in [-0.15, -0.1) is 0 Å². The summed E-state index contributed by atoms with van der Waals surface area (Å²) in [6.45, 7) is 0.754. The fraction of sp³-hybridized carbons (Fsp3) is 0.235. The van der Waals surface area contributed by atoms with E-state index in [2.05, 4.69) is 5.32 Å². The van der Waals surface area contributed by atoms with Crippen molar-refractivity contribution in [1.29, 1.82) is 0 Å². The van der Waals surface area contributed by atoms with Crippen molar-refractivity contribution in [2.75, 3.05) is 12.4 Å². The Hall–Kier alpha value is -2.34. The molecular formula is C17H17NO4S. The lowest BCUT2D eigenvalue weighted by molar-refractivity contribution is 0.0962. The van der Waals surface area contributed by atoms with Gasteiger partial charge in [0.15, 0.2) is 9.84 Å². The molecule has 0 fully saturated rings. The molecule has 0 aliphatic carbocycles. The van der Waals surface area contributed by atoms with E-state index < -0.39 is 9.84 Å². The van der Waals surface area contributed by atoms with Crippen LogP contribution in [0.3, 0.4) is 0 Å². The number of hydrogen-bond donors (Lipinski definition) is 1. The Morgan fingerprint density at radius 2 is 1.83 bits per heavy atom. The van der Waals surface area contributed by atoms with Gasteiger partial charge in [0.2, 0.25) is 0 Å². The zero-order chi connectivity index (χ0) is 16.3. The SMILES string of the molecule is O=C1NCc2cccc(OCCCS(=O)(=O)c3ccccc3)c21. The van der Waals surface area contributed by atoms with Gasteiger partial charge in [0.1, 0.15) is 5.75 Å². The van der Waals surface area contributed by atoms with Gasteiger partial charge in [-0.25, -0.2) is 8.42 Å². The van der Waals surface area contributed by atoms with Crippen LogP contribution in [-0.2, 0) is 16.4 Å². The van der Waals surface area contributed by atoms with E-state index in [0.717, 1.165) is 5.56 Å². The van der Waals surface area contributed by atoms with Crippen LogP contribution in [-0.4, -0.2) is 26.7 Å². The Balaban J connectivity index is 1.59. The zero-order valence-electron chi connectivity index (χ0n) is 12.5. The van der Waals surface area contributed by atoms with Gasteiger partial charge in [0, 0.05) is 6.54 Å². The van der Waals surface area contributed by atoms with Crippen LogP contribution in [0.2, 0.25) is 0 Å². The Morgan fingerprint density at radius 1 is 1.04 bits per heavy atom. The number of carbonyl (C=O) groups excluding carboxylic acids is 1. The number of ether oxygens (including phenoxy) is 1. The predicted molar refractivity (Wildman–Crippen MR) is 86.2 cm³/mol. The van der Waals surface area contributed by atoms with Crippen molar-refractivity contribution >= 4 is 15.7 Å². The molecule has 1 N–H and O–H groups in total. The second-order valence-corrected chi connectivity index (χ2v) is 7.42. The summed E-state index contributed by atoms with van der Waals surface area (Å²) in [6, 6.07) is 13.8. The molecule has 0 radical (unpaired) electrons. The van der Waals surface area contributed by atoms with E-state index in [-0.39, 0.29) is 18.3 Å². The van der Waals surface area contributed by atoms with Crippen LogP contribution in [0, 0.1) is 0 Å². The molecule has 0 unspecified atom stereocenters. The summed E-state index contributed by atoms with van der Waals surface area (Å²) in [4.78, 5) is 12.1. The third kappa shape index (κ3) is 3.37. The lowest BCUT2D eigenvalue weighted by Crippen LogP contribution is -2.14. The first-order valence-electron chi connectivity index (χ1n) is 7.38. The second kappa shape index (κ2) is 6.42. The predicted octanol–water partition coefficient (Wildman–Crippen LogP) is 2.17. The van der Waals surface area contributed by atoms with Gasteiger partial charge in [-0.1, -0.05) is 30.3 Å². The summed E-state index contributed by atoms with van der Waals surface area (Å²) >= 11 is 0. The summed E-state index contributed by atoms with van der Waals surface area (Å²) in [5, 5.41) is 2.75. The average molecular weight is 331 g/mol. The van der Waals surface area contributed by atoms with Gasteiger partial charge < -0.3 is 10.1 Å². The normalized spacial score (nSPS) is 13.5. The summed E-state index contributed by atoms with van der Waals surface area (Å²) < 4.78 is 30.0. The number of fused-ring (bicyclic) bond motifs is 1. The van der Waals surface area contributed by atoms with Crippen molar-refractivity contribution in [3.63, 3.8) is 0 Å². The van der Waals surface area contributed by atoms with Gasteiger partial charge in [0.05, 0.1) is 22.8 Å². The fourth-order valence-corrected chi connectivity index (χ4v) is 3.85. The highest BCUT2D eigenvalue weighted by Crippen LogP contribution is 2.26. The number of rotatable bonds is 6. The minimum absolute atomic E-state index is 0.0121. The third-order valence-corrected chi connectivity index (χ3v) is 5.51. The second-order valence-electron chi connectivity index (χ2n) is 5.31. The highest BCUT2D eigenvalue weighted by molar-refractivity contribution is 7.91. The van der Waals surface area contributed by atoms with Gasteiger partial charge in [-0.3, -0.25) is 4.79 Å². The fourth-order valence-electron chi connectivity index (χ4n) is 2.54. The maximum Gasteiger partial charge on any atom is 0.255 e. The molecule has 5 nitrogen and oxygen atoms in total. The first-order chi connectivity index (χ1) is 11.1. The minimum atomic E-state index is -3.30.